The number of anilines is 2. The van der Waals surface area contributed by atoms with Crippen molar-refractivity contribution in [2.45, 2.75) is 58.0 Å². The predicted octanol–water partition coefficient (Wildman–Crippen LogP) is 4.29. The number of methoxy groups -OCH3 is 1. The lowest BCUT2D eigenvalue weighted by Gasteiger charge is -2.32. The van der Waals surface area contributed by atoms with Crippen LogP contribution < -0.4 is 20.5 Å². The van der Waals surface area contributed by atoms with Crippen LogP contribution in [0.1, 0.15) is 44.0 Å². The van der Waals surface area contributed by atoms with E-state index in [1.807, 2.05) is 13.8 Å². The molecule has 12 heteroatoms. The molecule has 1 atom stereocenters. The fraction of sp³-hybridized carbons (Fsp3) is 0.478. The van der Waals surface area contributed by atoms with Crippen LogP contribution >= 0.6 is 0 Å². The van der Waals surface area contributed by atoms with Crippen molar-refractivity contribution in [2.24, 2.45) is 0 Å². The highest BCUT2D eigenvalue weighted by atomic mass is 19.4. The van der Waals surface area contributed by atoms with Crippen molar-refractivity contribution >= 4 is 22.5 Å². The van der Waals surface area contributed by atoms with Gasteiger partial charge in [0.15, 0.2) is 11.5 Å². The van der Waals surface area contributed by atoms with Crippen molar-refractivity contribution in [1.29, 1.82) is 0 Å². The fourth-order valence-corrected chi connectivity index (χ4v) is 4.01. The van der Waals surface area contributed by atoms with Gasteiger partial charge in [-0.3, -0.25) is 0 Å². The molecule has 0 saturated carbocycles. The maximum atomic E-state index is 13.1. The molecule has 0 aliphatic carbocycles. The van der Waals surface area contributed by atoms with Gasteiger partial charge in [-0.1, -0.05) is 0 Å². The summed E-state index contributed by atoms with van der Waals surface area (Å²) in [4.78, 5) is 16.4. The van der Waals surface area contributed by atoms with Crippen molar-refractivity contribution < 1.29 is 27.4 Å². The van der Waals surface area contributed by atoms with Gasteiger partial charge in [-0.2, -0.15) is 13.2 Å². The monoisotopic (exact) mass is 492 g/mol. The fourth-order valence-electron chi connectivity index (χ4n) is 4.01. The second-order valence-corrected chi connectivity index (χ2v) is 8.79. The van der Waals surface area contributed by atoms with Gasteiger partial charge in [-0.05, 0) is 39.7 Å². The van der Waals surface area contributed by atoms with Crippen LogP contribution in [0, 0.1) is 6.92 Å². The van der Waals surface area contributed by atoms with Gasteiger partial charge in [0.05, 0.1) is 25.3 Å². The van der Waals surface area contributed by atoms with Crippen LogP contribution in [0.3, 0.4) is 0 Å². The number of nitrogens with one attached hydrogen (secondary N) is 1. The maximum Gasteiger partial charge on any atom is 0.433 e. The summed E-state index contributed by atoms with van der Waals surface area (Å²) < 4.78 is 57.0. The van der Waals surface area contributed by atoms with E-state index in [1.54, 1.807) is 19.1 Å². The van der Waals surface area contributed by atoms with Crippen LogP contribution in [0.25, 0.3) is 10.9 Å². The highest BCUT2D eigenvalue weighted by molar-refractivity contribution is 5.91. The summed E-state index contributed by atoms with van der Waals surface area (Å²) in [7, 11) is 1.54. The Morgan fingerprint density at radius 1 is 1.11 bits per heavy atom. The molecule has 3 N–H and O–H groups in total. The summed E-state index contributed by atoms with van der Waals surface area (Å²) in [5, 5.41) is 3.61. The number of aryl methyl sites for hydroxylation is 1. The lowest BCUT2D eigenvalue weighted by atomic mass is 9.99. The van der Waals surface area contributed by atoms with Gasteiger partial charge in [0.1, 0.15) is 34.6 Å². The first-order chi connectivity index (χ1) is 16.5. The molecular weight excluding hydrogens is 465 g/mol. The zero-order valence-corrected chi connectivity index (χ0v) is 19.9. The first-order valence-corrected chi connectivity index (χ1v) is 11.1. The molecule has 1 saturated heterocycles. The van der Waals surface area contributed by atoms with E-state index < -0.39 is 17.5 Å². The lowest BCUT2D eigenvalue weighted by Crippen LogP contribution is -2.41. The summed E-state index contributed by atoms with van der Waals surface area (Å²) in [5.74, 6) is 1.41. The molecule has 1 aliphatic rings. The summed E-state index contributed by atoms with van der Waals surface area (Å²) in [6.45, 7) is 6.17. The van der Waals surface area contributed by atoms with E-state index in [1.165, 1.54) is 7.11 Å². The Labute approximate surface area is 200 Å². The molecular formula is C23H27F3N6O3. The Balaban J connectivity index is 1.68. The Hall–Kier alpha value is -3.41. The van der Waals surface area contributed by atoms with E-state index in [0.717, 1.165) is 12.8 Å². The zero-order valence-electron chi connectivity index (χ0n) is 19.9. The van der Waals surface area contributed by atoms with Crippen molar-refractivity contribution in [3.05, 3.63) is 35.5 Å². The van der Waals surface area contributed by atoms with E-state index >= 15 is 0 Å². The summed E-state index contributed by atoms with van der Waals surface area (Å²) in [5.41, 5.74) is 4.40. The highest BCUT2D eigenvalue weighted by Crippen LogP contribution is 2.38. The topological polar surface area (TPSA) is 117 Å². The number of nitrogen functional groups attached to an aromatic ring is 1. The van der Waals surface area contributed by atoms with Crippen LogP contribution in [-0.4, -0.2) is 45.4 Å². The molecule has 3 aromatic rings. The van der Waals surface area contributed by atoms with Gasteiger partial charge in [0.25, 0.3) is 0 Å². The normalized spacial score (nSPS) is 16.5. The predicted molar refractivity (Wildman–Crippen MR) is 123 cm³/mol. The molecule has 188 valence electrons. The Kier molecular flexibility index (Phi) is 6.58. The molecule has 0 bridgehead atoms. The molecule has 1 fully saturated rings. The molecule has 35 heavy (non-hydrogen) atoms. The van der Waals surface area contributed by atoms with Gasteiger partial charge in [-0.15, -0.1) is 0 Å². The third-order valence-electron chi connectivity index (χ3n) is 5.67. The maximum absolute atomic E-state index is 13.1. The van der Waals surface area contributed by atoms with E-state index in [9.17, 15) is 13.2 Å². The third-order valence-corrected chi connectivity index (χ3v) is 5.67. The van der Waals surface area contributed by atoms with Crippen molar-refractivity contribution in [3.63, 3.8) is 0 Å². The van der Waals surface area contributed by atoms with Crippen LogP contribution in [0.4, 0.5) is 24.8 Å². The number of halogens is 3. The Morgan fingerprint density at radius 3 is 2.54 bits per heavy atom. The van der Waals surface area contributed by atoms with Gasteiger partial charge >= 0.3 is 6.18 Å². The number of alkyl halides is 3. The summed E-state index contributed by atoms with van der Waals surface area (Å²) in [6, 6.07) is 4.17. The molecule has 1 aliphatic heterocycles. The number of ether oxygens (including phenoxy) is 3. The molecule has 2 aromatic heterocycles. The van der Waals surface area contributed by atoms with Crippen LogP contribution in [0.15, 0.2) is 18.2 Å². The van der Waals surface area contributed by atoms with Crippen LogP contribution in [0.5, 0.6) is 11.5 Å². The molecule has 9 nitrogen and oxygen atoms in total. The summed E-state index contributed by atoms with van der Waals surface area (Å²) >= 11 is 0. The average Bonchev–Trinajstić information content (AvgIpc) is 3.32. The number of rotatable bonds is 7. The Morgan fingerprint density at radius 2 is 1.89 bits per heavy atom. The molecule has 3 heterocycles. The molecule has 1 aromatic carbocycles. The molecule has 0 radical (unpaired) electrons. The molecule has 0 spiro atoms. The lowest BCUT2D eigenvalue weighted by molar-refractivity contribution is -0.141. The first kappa shape index (κ1) is 24.7. The van der Waals surface area contributed by atoms with Crippen molar-refractivity contribution in [3.8, 4) is 11.5 Å². The number of hydrogen-bond acceptors (Lipinski definition) is 9. The Bertz CT molecular complexity index is 1230. The number of nitrogens with two attached hydrogens (primary N) is 1. The van der Waals surface area contributed by atoms with E-state index in [-0.39, 0.29) is 24.3 Å². The van der Waals surface area contributed by atoms with Crippen LogP contribution in [-0.2, 0) is 17.5 Å². The van der Waals surface area contributed by atoms with Crippen molar-refractivity contribution in [2.75, 3.05) is 24.8 Å². The standard InChI is InChI=1S/C23H27F3N6O3/c1-12-29-14-9-15(33-4)16(35-22(2,3)18-6-5-7-34-18)8-13(14)21(30-12)28-11-20-31-17(23(24,25)26)10-19(27)32-20/h8-10,18H,5-7,11H2,1-4H3,(H2,27,31,32)(H,28,29,30). The SMILES string of the molecule is COc1cc2nc(C)nc(NCc3nc(N)cc(C(F)(F)F)n3)c2cc1OC(C)(C)C1CCCO1. The van der Waals surface area contributed by atoms with E-state index in [2.05, 4.69) is 25.3 Å². The largest absolute Gasteiger partial charge is 0.493 e. The van der Waals surface area contributed by atoms with Crippen LogP contribution in [0.2, 0.25) is 0 Å². The van der Waals surface area contributed by atoms with Gasteiger partial charge in [0, 0.05) is 24.1 Å². The number of hydrogen-bond donors (Lipinski definition) is 2. The molecule has 4 rings (SSSR count). The number of aromatic nitrogens is 4. The van der Waals surface area contributed by atoms with Gasteiger partial charge in [0.2, 0.25) is 0 Å². The minimum atomic E-state index is -4.64. The second kappa shape index (κ2) is 9.33. The smallest absolute Gasteiger partial charge is 0.433 e. The van der Waals surface area contributed by atoms with Crippen molar-refractivity contribution in [1.82, 2.24) is 19.9 Å². The van der Waals surface area contributed by atoms with Gasteiger partial charge < -0.3 is 25.3 Å². The highest BCUT2D eigenvalue weighted by Gasteiger charge is 2.36. The molecule has 0 amide bonds. The quantitative estimate of drug-likeness (QED) is 0.498. The van der Waals surface area contributed by atoms with Gasteiger partial charge in [-0.25, -0.2) is 19.9 Å². The number of nitrogens with zero attached hydrogens (tertiary/aromatic N) is 4. The number of benzene rings is 1. The third kappa shape index (κ3) is 5.47. The first-order valence-electron chi connectivity index (χ1n) is 11.1. The number of fused-ring (bicyclic) bond motifs is 1. The second-order valence-electron chi connectivity index (χ2n) is 8.79. The van der Waals surface area contributed by atoms with E-state index in [0.29, 0.717) is 46.7 Å². The minimum Gasteiger partial charge on any atom is -0.493 e. The zero-order chi connectivity index (χ0) is 25.4. The van der Waals surface area contributed by atoms with E-state index in [4.69, 9.17) is 19.9 Å². The summed E-state index contributed by atoms with van der Waals surface area (Å²) in [6.07, 6.45) is -2.85. The minimum absolute atomic E-state index is 0.0710. The average molecular weight is 493 g/mol. The molecule has 1 unspecified atom stereocenters.